The summed E-state index contributed by atoms with van der Waals surface area (Å²) in [6.45, 7) is 2.19. The first-order valence-corrected chi connectivity index (χ1v) is 7.31. The molecular formula is C13H17NO3S. The fraction of sp³-hybridized carbons (Fsp3) is 0.692. The van der Waals surface area contributed by atoms with Crippen molar-refractivity contribution in [3.63, 3.8) is 0 Å². The minimum Gasteiger partial charge on any atom is -0.381 e. The van der Waals surface area contributed by atoms with Crippen molar-refractivity contribution in [1.29, 1.82) is 0 Å². The number of ketones is 1. The lowest BCUT2D eigenvalue weighted by Crippen LogP contribution is -2.45. The molecule has 4 nitrogen and oxygen atoms in total. The Hall–Kier alpha value is -0.780. The molecule has 0 bridgehead atoms. The smallest absolute Gasteiger partial charge is 0.177 e. The van der Waals surface area contributed by atoms with E-state index < -0.39 is 0 Å². The van der Waals surface area contributed by atoms with Gasteiger partial charge in [-0.3, -0.25) is 9.78 Å². The maximum atomic E-state index is 12.4. The summed E-state index contributed by atoms with van der Waals surface area (Å²) in [6, 6.07) is 0. The van der Waals surface area contributed by atoms with Crippen LogP contribution in [0.5, 0.6) is 0 Å². The van der Waals surface area contributed by atoms with E-state index in [1.807, 2.05) is 0 Å². The van der Waals surface area contributed by atoms with Gasteiger partial charge in [0.25, 0.3) is 0 Å². The van der Waals surface area contributed by atoms with Crippen molar-refractivity contribution in [1.82, 2.24) is 4.98 Å². The highest BCUT2D eigenvalue weighted by Crippen LogP contribution is 2.38. The van der Waals surface area contributed by atoms with Crippen LogP contribution in [0.3, 0.4) is 0 Å². The van der Waals surface area contributed by atoms with E-state index in [1.165, 1.54) is 11.3 Å². The van der Waals surface area contributed by atoms with Gasteiger partial charge in [-0.05, 0) is 25.7 Å². The topological polar surface area (TPSA) is 48.4 Å². The number of Topliss-reactive ketones (excluding diaryl/α,β-unsaturated/α-hetero) is 1. The molecule has 0 aliphatic carbocycles. The summed E-state index contributed by atoms with van der Waals surface area (Å²) in [5.74, 6) is 0.337. The van der Waals surface area contributed by atoms with Crippen molar-refractivity contribution in [2.75, 3.05) is 19.8 Å². The lowest BCUT2D eigenvalue weighted by molar-refractivity contribution is -0.142. The van der Waals surface area contributed by atoms with Crippen molar-refractivity contribution in [3.05, 3.63) is 16.6 Å². The minimum absolute atomic E-state index is 0.0947. The largest absolute Gasteiger partial charge is 0.381 e. The van der Waals surface area contributed by atoms with Crippen molar-refractivity contribution in [2.24, 2.45) is 5.92 Å². The SMILES string of the molecule is O=C(c1cncs1)C1CCOC2(CCOCC2)C1. The van der Waals surface area contributed by atoms with E-state index in [0.29, 0.717) is 6.61 Å². The lowest BCUT2D eigenvalue weighted by Gasteiger charge is -2.42. The summed E-state index contributed by atoms with van der Waals surface area (Å²) in [5, 5.41) is 0. The van der Waals surface area contributed by atoms with Crippen molar-refractivity contribution in [3.8, 4) is 0 Å². The van der Waals surface area contributed by atoms with Crippen LogP contribution in [0.15, 0.2) is 11.7 Å². The number of carbonyl (C=O) groups is 1. The molecule has 2 saturated heterocycles. The Labute approximate surface area is 110 Å². The molecule has 3 heterocycles. The van der Waals surface area contributed by atoms with Crippen LogP contribution in [0.2, 0.25) is 0 Å². The molecule has 98 valence electrons. The summed E-state index contributed by atoms with van der Waals surface area (Å²) in [4.78, 5) is 17.1. The molecule has 0 radical (unpaired) electrons. The van der Waals surface area contributed by atoms with Crippen LogP contribution in [-0.4, -0.2) is 36.2 Å². The third-order valence-corrected chi connectivity index (χ3v) is 4.73. The molecule has 1 aromatic heterocycles. The van der Waals surface area contributed by atoms with Crippen LogP contribution in [0.1, 0.15) is 35.4 Å². The summed E-state index contributed by atoms with van der Waals surface area (Å²) in [6.07, 6.45) is 5.19. The summed E-state index contributed by atoms with van der Waals surface area (Å²) in [7, 11) is 0. The van der Waals surface area contributed by atoms with Crippen LogP contribution >= 0.6 is 11.3 Å². The van der Waals surface area contributed by atoms with Gasteiger partial charge in [-0.15, -0.1) is 11.3 Å². The Morgan fingerprint density at radius 3 is 2.94 bits per heavy atom. The molecule has 0 N–H and O–H groups in total. The van der Waals surface area contributed by atoms with E-state index in [-0.39, 0.29) is 17.3 Å². The van der Waals surface area contributed by atoms with E-state index in [9.17, 15) is 4.79 Å². The Bertz CT molecular complexity index is 406. The first-order valence-electron chi connectivity index (χ1n) is 6.44. The number of hydrogen-bond donors (Lipinski definition) is 0. The normalized spacial score (nSPS) is 27.2. The highest BCUT2D eigenvalue weighted by molar-refractivity contribution is 7.11. The van der Waals surface area contributed by atoms with Crippen LogP contribution in [0.4, 0.5) is 0 Å². The number of ether oxygens (including phenoxy) is 2. The molecule has 18 heavy (non-hydrogen) atoms. The maximum absolute atomic E-state index is 12.4. The van der Waals surface area contributed by atoms with Gasteiger partial charge in [-0.1, -0.05) is 0 Å². The van der Waals surface area contributed by atoms with Gasteiger partial charge in [0.2, 0.25) is 0 Å². The molecule has 3 rings (SSSR count). The van der Waals surface area contributed by atoms with Gasteiger partial charge in [0.1, 0.15) is 0 Å². The number of thiazole rings is 1. The van der Waals surface area contributed by atoms with Gasteiger partial charge in [-0.25, -0.2) is 0 Å². The molecule has 0 amide bonds. The standard InChI is InChI=1S/C13H17NO3S/c15-12(11-8-14-9-18-11)10-1-4-17-13(7-10)2-5-16-6-3-13/h8-10H,1-7H2. The predicted octanol–water partition coefficient (Wildman–Crippen LogP) is 2.30. The molecule has 5 heteroatoms. The highest BCUT2D eigenvalue weighted by Gasteiger charge is 2.41. The average Bonchev–Trinajstić information content (AvgIpc) is 2.93. The van der Waals surface area contributed by atoms with Crippen LogP contribution in [0.25, 0.3) is 0 Å². The molecule has 1 aromatic rings. The van der Waals surface area contributed by atoms with E-state index in [2.05, 4.69) is 4.98 Å². The Morgan fingerprint density at radius 1 is 1.39 bits per heavy atom. The van der Waals surface area contributed by atoms with Crippen molar-refractivity contribution in [2.45, 2.75) is 31.3 Å². The fourth-order valence-electron chi connectivity index (χ4n) is 2.88. The molecule has 2 fully saturated rings. The molecule has 1 atom stereocenters. The average molecular weight is 267 g/mol. The number of aromatic nitrogens is 1. The second kappa shape index (κ2) is 5.07. The molecule has 0 saturated carbocycles. The molecule has 0 aromatic carbocycles. The van der Waals surface area contributed by atoms with E-state index in [1.54, 1.807) is 11.7 Å². The number of rotatable bonds is 2. The summed E-state index contributed by atoms with van der Waals surface area (Å²) >= 11 is 1.43. The second-order valence-corrected chi connectivity index (χ2v) is 5.95. The minimum atomic E-state index is -0.110. The Balaban J connectivity index is 1.72. The number of carbonyl (C=O) groups excluding carboxylic acids is 1. The highest BCUT2D eigenvalue weighted by atomic mass is 32.1. The van der Waals surface area contributed by atoms with Gasteiger partial charge in [0, 0.05) is 31.9 Å². The molecular weight excluding hydrogens is 250 g/mol. The van der Waals surface area contributed by atoms with Crippen molar-refractivity contribution >= 4 is 17.1 Å². The molecule has 1 unspecified atom stereocenters. The quantitative estimate of drug-likeness (QED) is 0.771. The van der Waals surface area contributed by atoms with E-state index in [4.69, 9.17) is 9.47 Å². The molecule has 1 spiro atoms. The van der Waals surface area contributed by atoms with Crippen LogP contribution in [-0.2, 0) is 9.47 Å². The van der Waals surface area contributed by atoms with E-state index >= 15 is 0 Å². The predicted molar refractivity (Wildman–Crippen MR) is 67.9 cm³/mol. The number of nitrogens with zero attached hydrogens (tertiary/aromatic N) is 1. The van der Waals surface area contributed by atoms with Gasteiger partial charge in [0.15, 0.2) is 5.78 Å². The first kappa shape index (κ1) is 12.3. The third-order valence-electron chi connectivity index (χ3n) is 3.94. The number of hydrogen-bond acceptors (Lipinski definition) is 5. The second-order valence-electron chi connectivity index (χ2n) is 5.06. The van der Waals surface area contributed by atoms with E-state index in [0.717, 1.165) is 43.8 Å². The fourth-order valence-corrected chi connectivity index (χ4v) is 3.52. The van der Waals surface area contributed by atoms with Crippen LogP contribution < -0.4 is 0 Å². The monoisotopic (exact) mass is 267 g/mol. The van der Waals surface area contributed by atoms with Gasteiger partial charge >= 0.3 is 0 Å². The maximum Gasteiger partial charge on any atom is 0.177 e. The third kappa shape index (κ3) is 2.35. The Morgan fingerprint density at radius 2 is 2.22 bits per heavy atom. The van der Waals surface area contributed by atoms with Gasteiger partial charge in [0.05, 0.1) is 16.0 Å². The van der Waals surface area contributed by atoms with Crippen LogP contribution in [0, 0.1) is 5.92 Å². The van der Waals surface area contributed by atoms with Gasteiger partial charge < -0.3 is 9.47 Å². The summed E-state index contributed by atoms with van der Waals surface area (Å²) < 4.78 is 11.4. The lowest BCUT2D eigenvalue weighted by atomic mass is 9.79. The zero-order valence-corrected chi connectivity index (χ0v) is 11.1. The van der Waals surface area contributed by atoms with Crippen molar-refractivity contribution < 1.29 is 14.3 Å². The van der Waals surface area contributed by atoms with Gasteiger partial charge in [-0.2, -0.15) is 0 Å². The Kier molecular flexibility index (Phi) is 3.46. The zero-order valence-electron chi connectivity index (χ0n) is 10.3. The first-order chi connectivity index (χ1) is 8.79. The molecule has 2 aliphatic heterocycles. The molecule has 2 aliphatic rings. The summed E-state index contributed by atoms with van der Waals surface area (Å²) in [5.41, 5.74) is 1.61. The zero-order chi connectivity index (χ0) is 12.4.